The van der Waals surface area contributed by atoms with E-state index >= 15 is 0 Å². The van der Waals surface area contributed by atoms with Gasteiger partial charge in [0.25, 0.3) is 0 Å². The number of alkyl halides is 1. The Labute approximate surface area is 386 Å². The molecule has 0 aliphatic rings. The Morgan fingerprint density at radius 3 is 1.30 bits per heavy atom. The van der Waals surface area contributed by atoms with E-state index in [1.165, 1.54) is 28.1 Å². The molecule has 0 amide bonds. The van der Waals surface area contributed by atoms with Crippen molar-refractivity contribution in [3.63, 3.8) is 0 Å². The molecule has 0 spiro atoms. The topological polar surface area (TPSA) is 257 Å². The quantitative estimate of drug-likeness (QED) is 0.0406. The summed E-state index contributed by atoms with van der Waals surface area (Å²) in [6.45, 7) is 1.43. The van der Waals surface area contributed by atoms with E-state index in [0.717, 1.165) is 40.0 Å². The Kier molecular flexibility index (Phi) is 31.4. The molecule has 0 aliphatic heterocycles. The number of aliphatic hydroxyl groups excluding tert-OH is 2. The first-order valence-electron chi connectivity index (χ1n) is 17.1. The zero-order valence-electron chi connectivity index (χ0n) is 34.5. The second-order valence-corrected chi connectivity index (χ2v) is 20.7. The summed E-state index contributed by atoms with van der Waals surface area (Å²) in [4.78, 5) is 47.4. The van der Waals surface area contributed by atoms with Crippen molar-refractivity contribution in [1.82, 2.24) is 0 Å². The molecule has 336 valence electrons. The molecule has 2 aromatic carbocycles. The predicted molar refractivity (Wildman–Crippen MR) is 219 cm³/mol. The maximum atomic E-state index is 12.3. The first kappa shape index (κ1) is 59.8. The van der Waals surface area contributed by atoms with Crippen LogP contribution in [-0.2, 0) is 101 Å². The number of rotatable bonds is 22. The van der Waals surface area contributed by atoms with Crippen molar-refractivity contribution in [3.8, 4) is 0 Å². The van der Waals surface area contributed by atoms with Gasteiger partial charge in [0, 0.05) is 38.4 Å². The van der Waals surface area contributed by atoms with Crippen LogP contribution >= 0.6 is 22.4 Å². The number of carbonyl (C=O) groups excluding carboxylic acids is 4. The summed E-state index contributed by atoms with van der Waals surface area (Å²) in [5, 5.41) is 19.0. The van der Waals surface area contributed by atoms with Crippen molar-refractivity contribution >= 4 is 75.5 Å². The molecule has 2 aromatic rings. The van der Waals surface area contributed by atoms with Crippen LogP contribution in [0.15, 0.2) is 48.5 Å². The monoisotopic (exact) mass is 958 g/mol. The first-order chi connectivity index (χ1) is 27.5. The average molecular weight is 960 g/mol. The van der Waals surface area contributed by atoms with Gasteiger partial charge in [-0.1, -0.05) is 48.5 Å². The van der Waals surface area contributed by atoms with Crippen LogP contribution in [0.25, 0.3) is 0 Å². The van der Waals surface area contributed by atoms with Crippen LogP contribution in [0, 0.1) is 10.8 Å². The number of ether oxygens (including phenoxy) is 8. The van der Waals surface area contributed by atoms with Crippen LogP contribution in [0.2, 0.25) is 0 Å². The fraction of sp³-hybridized carbons (Fsp3) is 0.556. The number of aliphatic hydroxyl groups is 2. The van der Waals surface area contributed by atoms with E-state index in [4.69, 9.17) is 49.5 Å². The number of benzene rings is 2. The number of methoxy groups -OCH3 is 2. The summed E-state index contributed by atoms with van der Waals surface area (Å²) >= 11 is 9.51. The summed E-state index contributed by atoms with van der Waals surface area (Å²) < 4.78 is 80.3. The summed E-state index contributed by atoms with van der Waals surface area (Å²) in [7, 11) is -2.45. The van der Waals surface area contributed by atoms with Crippen molar-refractivity contribution in [3.05, 3.63) is 70.8 Å². The molecular formula is C36H52ClNaO18S4. The van der Waals surface area contributed by atoms with Crippen LogP contribution in [0.3, 0.4) is 0 Å². The van der Waals surface area contributed by atoms with Gasteiger partial charge in [0.05, 0.1) is 26.4 Å². The minimum absolute atomic E-state index is 0. The molecule has 0 saturated heterocycles. The van der Waals surface area contributed by atoms with E-state index in [2.05, 4.69) is 11.2 Å². The molecule has 0 aromatic heterocycles. The summed E-state index contributed by atoms with van der Waals surface area (Å²) in [6, 6.07) is 14.2. The molecule has 2 N–H and O–H groups in total. The molecule has 60 heavy (non-hydrogen) atoms. The SMILES string of the molecule is COCCOC(=O)OCC(C)(CO)C(=O)OCc1ccc(CCl)cc1.COCCOC(=O)OCC(C)(CO)C(=O)OCc1ccc(CSS(C)(=O)=O)cc1.CS(=O)([O-])=S.[Na+]. The molecule has 0 aliphatic carbocycles. The molecule has 0 bridgehead atoms. The number of hydrogen-bond acceptors (Lipinski definition) is 20. The van der Waals surface area contributed by atoms with Crippen molar-refractivity contribution in [2.45, 2.75) is 38.7 Å². The third-order valence-electron chi connectivity index (χ3n) is 7.10. The first-order valence-corrected chi connectivity index (χ1v) is 23.9. The van der Waals surface area contributed by atoms with Crippen molar-refractivity contribution in [2.24, 2.45) is 10.8 Å². The van der Waals surface area contributed by atoms with Gasteiger partial charge in [-0.05, 0) is 66.9 Å². The molecule has 24 heteroatoms. The van der Waals surface area contributed by atoms with E-state index in [1.807, 2.05) is 12.1 Å². The molecule has 0 fully saturated rings. The van der Waals surface area contributed by atoms with Gasteiger partial charge < -0.3 is 52.7 Å². The molecule has 0 heterocycles. The number of carbonyl (C=O) groups is 4. The third-order valence-corrected chi connectivity index (χ3v) is 9.92. The Hall–Kier alpha value is -2.32. The predicted octanol–water partition coefficient (Wildman–Crippen LogP) is 0.485. The normalized spacial score (nSPS) is 13.6. The van der Waals surface area contributed by atoms with Gasteiger partial charge in [-0.3, -0.25) is 13.8 Å². The van der Waals surface area contributed by atoms with Gasteiger partial charge in [-0.15, -0.1) is 11.6 Å². The van der Waals surface area contributed by atoms with Gasteiger partial charge in [0.1, 0.15) is 50.5 Å². The Morgan fingerprint density at radius 1 is 0.667 bits per heavy atom. The fourth-order valence-corrected chi connectivity index (χ4v) is 5.32. The molecule has 3 unspecified atom stereocenters. The molecular weight excluding hydrogens is 907 g/mol. The van der Waals surface area contributed by atoms with Crippen LogP contribution in [0.4, 0.5) is 9.59 Å². The van der Waals surface area contributed by atoms with Gasteiger partial charge in [-0.2, -0.15) is 0 Å². The van der Waals surface area contributed by atoms with Crippen molar-refractivity contribution < 1.29 is 114 Å². The Balaban J connectivity index is 0. The molecule has 3 atom stereocenters. The van der Waals surface area contributed by atoms with Crippen LogP contribution in [0.5, 0.6) is 0 Å². The summed E-state index contributed by atoms with van der Waals surface area (Å²) in [5.41, 5.74) is 0.422. The standard InChI is InChI=1S/C18H26O9S2.C17H23ClO7.CH4O2S2.Na/c1-18(12-19,13-27-17(21)25-9-8-24-2)16(20)26-10-14-4-6-15(7-5-14)11-28-29(3,22)23;1-17(11-19,12-25-16(21)23-8-7-22-2)15(20)24-10-14-5-3-13(9-18)4-6-14;1-5(2,3)4;/h4-7,19H,8-13H2,1-3H3;3-6,19H,7-12H2,1-2H3;1H3,(H,2,3,4);/q;;;+1/p-1. The molecule has 2 rings (SSSR count). The summed E-state index contributed by atoms with van der Waals surface area (Å²) in [5.74, 6) is -0.692. The zero-order valence-corrected chi connectivity index (χ0v) is 40.6. The number of esters is 2. The van der Waals surface area contributed by atoms with Crippen molar-refractivity contribution in [1.29, 1.82) is 0 Å². The Morgan fingerprint density at radius 2 is 1.00 bits per heavy atom. The molecule has 18 nitrogen and oxygen atoms in total. The summed E-state index contributed by atoms with van der Waals surface area (Å²) in [6.07, 6.45) is 0.202. The molecule has 0 radical (unpaired) electrons. The zero-order chi connectivity index (χ0) is 45.1. The average Bonchev–Trinajstić information content (AvgIpc) is 3.19. The Bertz CT molecular complexity index is 1780. The van der Waals surface area contributed by atoms with Crippen LogP contribution in [-0.4, -0.2) is 131 Å². The van der Waals surface area contributed by atoms with Crippen molar-refractivity contribution in [2.75, 3.05) is 79.6 Å². The second kappa shape index (κ2) is 31.5. The van der Waals surface area contributed by atoms with Gasteiger partial charge in [0.2, 0.25) is 0 Å². The minimum atomic E-state index is -3.12. The molecule has 0 saturated carbocycles. The van der Waals surface area contributed by atoms with E-state index < -0.39 is 72.5 Å². The number of halogens is 1. The van der Waals surface area contributed by atoms with E-state index in [1.54, 1.807) is 36.4 Å². The fourth-order valence-electron chi connectivity index (χ4n) is 3.55. The minimum Gasteiger partial charge on any atom is -0.770 e. The van der Waals surface area contributed by atoms with E-state index in [-0.39, 0.29) is 75.8 Å². The van der Waals surface area contributed by atoms with Gasteiger partial charge in [0.15, 0.2) is 8.87 Å². The van der Waals surface area contributed by atoms with Gasteiger partial charge >= 0.3 is 53.8 Å². The third kappa shape index (κ3) is 29.1. The maximum absolute atomic E-state index is 12.3. The maximum Gasteiger partial charge on any atom is 1.00 e. The van der Waals surface area contributed by atoms with Crippen LogP contribution < -0.4 is 29.6 Å². The smallest absolute Gasteiger partial charge is 0.770 e. The van der Waals surface area contributed by atoms with E-state index in [9.17, 15) is 46.6 Å². The van der Waals surface area contributed by atoms with Crippen LogP contribution in [0.1, 0.15) is 36.1 Å². The second-order valence-electron chi connectivity index (χ2n) is 12.8. The van der Waals surface area contributed by atoms with E-state index in [0.29, 0.717) is 17.2 Å². The largest absolute Gasteiger partial charge is 1.00 e. The number of hydrogen-bond donors (Lipinski definition) is 2. The van der Waals surface area contributed by atoms with Gasteiger partial charge in [-0.25, -0.2) is 18.0 Å².